The van der Waals surface area contributed by atoms with E-state index < -0.39 is 0 Å². The number of amides is 1. The molecule has 0 atom stereocenters. The summed E-state index contributed by atoms with van der Waals surface area (Å²) in [4.78, 5) is 16.5. The SMILES string of the molecule is COc1cccc(-c2nnc(SCc3nc(C(=O)NCC(C)C)co3)n2-c2ccccc2)c1. The van der Waals surface area contributed by atoms with E-state index in [1.54, 1.807) is 7.11 Å². The third-order valence-corrected chi connectivity index (χ3v) is 5.67. The normalized spacial score (nSPS) is 11.0. The highest BCUT2D eigenvalue weighted by Gasteiger charge is 2.18. The summed E-state index contributed by atoms with van der Waals surface area (Å²) in [5.41, 5.74) is 2.09. The van der Waals surface area contributed by atoms with Crippen LogP contribution in [0.4, 0.5) is 0 Å². The molecule has 9 heteroatoms. The molecule has 4 aromatic rings. The number of para-hydroxylation sites is 1. The summed E-state index contributed by atoms with van der Waals surface area (Å²) < 4.78 is 12.9. The van der Waals surface area contributed by atoms with Gasteiger partial charge in [-0.3, -0.25) is 9.36 Å². The van der Waals surface area contributed by atoms with E-state index in [9.17, 15) is 4.79 Å². The van der Waals surface area contributed by atoms with E-state index in [0.29, 0.717) is 35.1 Å². The van der Waals surface area contributed by atoms with Gasteiger partial charge in [-0.2, -0.15) is 0 Å². The number of aromatic nitrogens is 4. The Hall–Kier alpha value is -3.59. The van der Waals surface area contributed by atoms with E-state index >= 15 is 0 Å². The Morgan fingerprint density at radius 3 is 2.73 bits per heavy atom. The van der Waals surface area contributed by atoms with E-state index in [0.717, 1.165) is 17.0 Å². The fraction of sp³-hybridized carbons (Fsp3) is 0.250. The zero-order chi connectivity index (χ0) is 23.2. The smallest absolute Gasteiger partial charge is 0.273 e. The fourth-order valence-electron chi connectivity index (χ4n) is 3.12. The second-order valence-corrected chi connectivity index (χ2v) is 8.67. The molecule has 0 bridgehead atoms. The van der Waals surface area contributed by atoms with Crippen molar-refractivity contribution in [3.8, 4) is 22.8 Å². The average Bonchev–Trinajstić information content (AvgIpc) is 3.49. The van der Waals surface area contributed by atoms with Gasteiger partial charge in [0.25, 0.3) is 5.91 Å². The van der Waals surface area contributed by atoms with Gasteiger partial charge in [-0.1, -0.05) is 55.9 Å². The Kier molecular flexibility index (Phi) is 7.09. The van der Waals surface area contributed by atoms with Crippen molar-refractivity contribution >= 4 is 17.7 Å². The highest BCUT2D eigenvalue weighted by molar-refractivity contribution is 7.98. The van der Waals surface area contributed by atoms with Crippen LogP contribution >= 0.6 is 11.8 Å². The van der Waals surface area contributed by atoms with E-state index in [-0.39, 0.29) is 11.6 Å². The highest BCUT2D eigenvalue weighted by Crippen LogP contribution is 2.31. The van der Waals surface area contributed by atoms with Crippen LogP contribution < -0.4 is 10.1 Å². The van der Waals surface area contributed by atoms with Crippen LogP contribution in [0.25, 0.3) is 17.1 Å². The summed E-state index contributed by atoms with van der Waals surface area (Å²) in [6.07, 6.45) is 1.38. The molecule has 8 nitrogen and oxygen atoms in total. The summed E-state index contributed by atoms with van der Waals surface area (Å²) >= 11 is 1.43. The van der Waals surface area contributed by atoms with E-state index in [1.807, 2.05) is 73.0 Å². The number of thioether (sulfide) groups is 1. The maximum atomic E-state index is 12.2. The van der Waals surface area contributed by atoms with Gasteiger partial charge in [0.2, 0.25) is 5.89 Å². The summed E-state index contributed by atoms with van der Waals surface area (Å²) in [5.74, 6) is 2.41. The van der Waals surface area contributed by atoms with Crippen molar-refractivity contribution in [1.29, 1.82) is 0 Å². The molecule has 2 aromatic carbocycles. The molecular weight excluding hydrogens is 438 g/mol. The van der Waals surface area contributed by atoms with Gasteiger partial charge in [-0.15, -0.1) is 10.2 Å². The molecule has 0 spiro atoms. The molecular formula is C24H25N5O3S. The summed E-state index contributed by atoms with van der Waals surface area (Å²) in [5, 5.41) is 12.4. The van der Waals surface area contributed by atoms with Crippen LogP contribution in [0.2, 0.25) is 0 Å². The minimum absolute atomic E-state index is 0.239. The van der Waals surface area contributed by atoms with Crippen LogP contribution in [0.1, 0.15) is 30.2 Å². The molecule has 2 heterocycles. The average molecular weight is 464 g/mol. The van der Waals surface area contributed by atoms with Crippen molar-refractivity contribution in [2.75, 3.05) is 13.7 Å². The molecule has 0 aliphatic heterocycles. The predicted octanol–water partition coefficient (Wildman–Crippen LogP) is 4.61. The molecule has 0 fully saturated rings. The standard InChI is InChI=1S/C24H25N5O3S/c1-16(2)13-25-23(30)20-14-32-21(26-20)15-33-24-28-27-22(17-8-7-11-19(12-17)31-3)29(24)18-9-5-4-6-10-18/h4-12,14,16H,13,15H2,1-3H3,(H,25,30). The number of nitrogens with zero attached hydrogens (tertiary/aromatic N) is 4. The van der Waals surface area contributed by atoms with Crippen LogP contribution in [0.5, 0.6) is 5.75 Å². The van der Waals surface area contributed by atoms with Crippen molar-refractivity contribution in [3.63, 3.8) is 0 Å². The Morgan fingerprint density at radius 2 is 1.97 bits per heavy atom. The van der Waals surface area contributed by atoms with Gasteiger partial charge in [0.05, 0.1) is 12.9 Å². The third kappa shape index (κ3) is 5.43. The molecule has 0 aliphatic rings. The molecule has 0 unspecified atom stereocenters. The van der Waals surface area contributed by atoms with Crippen molar-refractivity contribution in [3.05, 3.63) is 72.4 Å². The second kappa shape index (κ2) is 10.4. The number of oxazole rings is 1. The van der Waals surface area contributed by atoms with E-state index in [1.165, 1.54) is 18.0 Å². The minimum atomic E-state index is -0.239. The zero-order valence-corrected chi connectivity index (χ0v) is 19.5. The molecule has 0 saturated heterocycles. The Bertz CT molecular complexity index is 1220. The summed E-state index contributed by atoms with van der Waals surface area (Å²) in [7, 11) is 1.63. The zero-order valence-electron chi connectivity index (χ0n) is 18.7. The van der Waals surface area contributed by atoms with Crippen LogP contribution in [0.3, 0.4) is 0 Å². The highest BCUT2D eigenvalue weighted by atomic mass is 32.2. The molecule has 0 radical (unpaired) electrons. The van der Waals surface area contributed by atoms with Gasteiger partial charge in [-0.25, -0.2) is 4.98 Å². The quantitative estimate of drug-likeness (QED) is 0.362. The lowest BCUT2D eigenvalue weighted by atomic mass is 10.2. The second-order valence-electron chi connectivity index (χ2n) is 7.73. The topological polar surface area (TPSA) is 95.1 Å². The van der Waals surface area contributed by atoms with Gasteiger partial charge in [0.15, 0.2) is 16.7 Å². The van der Waals surface area contributed by atoms with Crippen LogP contribution in [0, 0.1) is 5.92 Å². The maximum Gasteiger partial charge on any atom is 0.273 e. The summed E-state index contributed by atoms with van der Waals surface area (Å²) in [6, 6.07) is 17.6. The number of benzene rings is 2. The number of hydrogen-bond donors (Lipinski definition) is 1. The van der Waals surface area contributed by atoms with Crippen LogP contribution in [0.15, 0.2) is 70.4 Å². The molecule has 0 saturated carbocycles. The lowest BCUT2D eigenvalue weighted by molar-refractivity contribution is 0.0944. The van der Waals surface area contributed by atoms with Crippen LogP contribution in [-0.4, -0.2) is 39.3 Å². The Balaban J connectivity index is 1.57. The molecule has 2 aromatic heterocycles. The first-order chi connectivity index (χ1) is 16.0. The summed E-state index contributed by atoms with van der Waals surface area (Å²) in [6.45, 7) is 4.66. The van der Waals surface area contributed by atoms with Gasteiger partial charge in [-0.05, 0) is 30.2 Å². The Morgan fingerprint density at radius 1 is 1.15 bits per heavy atom. The van der Waals surface area contributed by atoms with Crippen molar-refractivity contribution in [1.82, 2.24) is 25.1 Å². The molecule has 1 N–H and O–H groups in total. The van der Waals surface area contributed by atoms with E-state index in [4.69, 9.17) is 9.15 Å². The number of hydrogen-bond acceptors (Lipinski definition) is 7. The van der Waals surface area contributed by atoms with Gasteiger partial charge >= 0.3 is 0 Å². The monoisotopic (exact) mass is 463 g/mol. The van der Waals surface area contributed by atoms with E-state index in [2.05, 4.69) is 20.5 Å². The minimum Gasteiger partial charge on any atom is -0.497 e. The maximum absolute atomic E-state index is 12.2. The predicted molar refractivity (Wildman–Crippen MR) is 127 cm³/mol. The molecule has 4 rings (SSSR count). The van der Waals surface area contributed by atoms with Crippen molar-refractivity contribution < 1.29 is 13.9 Å². The van der Waals surface area contributed by atoms with Crippen LogP contribution in [-0.2, 0) is 5.75 Å². The van der Waals surface area contributed by atoms with Gasteiger partial charge in [0.1, 0.15) is 12.0 Å². The third-order valence-electron chi connectivity index (χ3n) is 4.76. The van der Waals surface area contributed by atoms with Crippen molar-refractivity contribution in [2.45, 2.75) is 24.8 Å². The number of ether oxygens (including phenoxy) is 1. The molecule has 1 amide bonds. The lowest BCUT2D eigenvalue weighted by Crippen LogP contribution is -2.27. The number of carbonyl (C=O) groups excluding carboxylic acids is 1. The molecule has 33 heavy (non-hydrogen) atoms. The van der Waals surface area contributed by atoms with Gasteiger partial charge in [0, 0.05) is 17.8 Å². The molecule has 170 valence electrons. The largest absolute Gasteiger partial charge is 0.497 e. The molecule has 0 aliphatic carbocycles. The number of rotatable bonds is 9. The Labute approximate surface area is 196 Å². The number of methoxy groups -OCH3 is 1. The fourth-order valence-corrected chi connectivity index (χ4v) is 3.92. The van der Waals surface area contributed by atoms with Crippen molar-refractivity contribution in [2.24, 2.45) is 5.92 Å². The number of nitrogens with one attached hydrogen (secondary N) is 1. The first-order valence-corrected chi connectivity index (χ1v) is 11.5. The van der Waals surface area contributed by atoms with Gasteiger partial charge < -0.3 is 14.5 Å². The lowest BCUT2D eigenvalue weighted by Gasteiger charge is -2.10. The number of carbonyl (C=O) groups is 1. The first kappa shape index (κ1) is 22.6. The first-order valence-electron chi connectivity index (χ1n) is 10.6.